The summed E-state index contributed by atoms with van der Waals surface area (Å²) in [5, 5.41) is 11.3. The number of carbonyl (C=O) groups is 1. The highest BCUT2D eigenvalue weighted by Crippen LogP contribution is 2.58. The highest BCUT2D eigenvalue weighted by atomic mass is 16.6. The zero-order chi connectivity index (χ0) is 21.1. The van der Waals surface area contributed by atoms with Crippen LogP contribution >= 0.6 is 0 Å². The van der Waals surface area contributed by atoms with Gasteiger partial charge in [-0.2, -0.15) is 0 Å². The maximum Gasteiger partial charge on any atom is 0.302 e. The van der Waals surface area contributed by atoms with Gasteiger partial charge in [-0.05, 0) is 56.8 Å². The lowest BCUT2D eigenvalue weighted by Crippen LogP contribution is -2.54. The van der Waals surface area contributed by atoms with Crippen molar-refractivity contribution in [2.24, 2.45) is 29.6 Å². The van der Waals surface area contributed by atoms with Crippen LogP contribution in [-0.2, 0) is 23.7 Å². The van der Waals surface area contributed by atoms with E-state index in [1.54, 1.807) is 7.11 Å². The van der Waals surface area contributed by atoms with Crippen molar-refractivity contribution in [2.45, 2.75) is 95.9 Å². The largest absolute Gasteiger partial charge is 0.462 e. The van der Waals surface area contributed by atoms with Gasteiger partial charge in [0, 0.05) is 26.4 Å². The summed E-state index contributed by atoms with van der Waals surface area (Å²) in [5.41, 5.74) is -1.44. The second-order valence-electron chi connectivity index (χ2n) is 10.6. The summed E-state index contributed by atoms with van der Waals surface area (Å²) in [7, 11) is 1.66. The molecule has 11 atom stereocenters. The maximum absolute atomic E-state index is 12.0. The lowest BCUT2D eigenvalue weighted by Gasteiger charge is -2.47. The molecule has 1 unspecified atom stereocenters. The van der Waals surface area contributed by atoms with E-state index in [1.165, 1.54) is 6.92 Å². The molecule has 2 bridgehead atoms. The number of hydrogen-bond donors (Lipinski definition) is 1. The average molecular weight is 411 g/mol. The molecule has 1 N–H and O–H groups in total. The summed E-state index contributed by atoms with van der Waals surface area (Å²) in [4.78, 5) is 12.0. The molecule has 0 amide bonds. The summed E-state index contributed by atoms with van der Waals surface area (Å²) in [6.45, 7) is 10.7. The van der Waals surface area contributed by atoms with Crippen molar-refractivity contribution in [3.63, 3.8) is 0 Å². The van der Waals surface area contributed by atoms with Crippen LogP contribution < -0.4 is 0 Å². The lowest BCUT2D eigenvalue weighted by atomic mass is 9.59. The quantitative estimate of drug-likeness (QED) is 0.706. The van der Waals surface area contributed by atoms with Crippen LogP contribution in [0.4, 0.5) is 0 Å². The third kappa shape index (κ3) is 3.54. The molecule has 0 radical (unpaired) electrons. The molecule has 166 valence electrons. The van der Waals surface area contributed by atoms with Crippen LogP contribution in [0.3, 0.4) is 0 Å². The monoisotopic (exact) mass is 410 g/mol. The third-order valence-electron chi connectivity index (χ3n) is 8.43. The van der Waals surface area contributed by atoms with Crippen molar-refractivity contribution < 1.29 is 28.8 Å². The minimum atomic E-state index is -1.01. The number of methoxy groups -OCH3 is 1. The van der Waals surface area contributed by atoms with E-state index < -0.39 is 11.2 Å². The summed E-state index contributed by atoms with van der Waals surface area (Å²) >= 11 is 0. The SMILES string of the molecule is CO[C@@H]1CC[C@]2(C)OC[C@H](C)C3C[C@@H](C)[C@@H](OC(C)=O)[C@@H]4[C@H]3[C@@H]2O[C@H]4C[C@@]1(C)O. The molecule has 3 heterocycles. The van der Waals surface area contributed by atoms with Crippen LogP contribution in [0.1, 0.15) is 60.3 Å². The Balaban J connectivity index is 1.80. The first-order valence-corrected chi connectivity index (χ1v) is 11.3. The summed E-state index contributed by atoms with van der Waals surface area (Å²) in [6.07, 6.45) is 2.29. The second kappa shape index (κ2) is 7.47. The van der Waals surface area contributed by atoms with Gasteiger partial charge in [0.05, 0.1) is 36.1 Å². The number of aliphatic hydroxyl groups is 1. The smallest absolute Gasteiger partial charge is 0.302 e. The third-order valence-corrected chi connectivity index (χ3v) is 8.43. The first kappa shape index (κ1) is 21.5. The normalized spacial score (nSPS) is 54.7. The molecule has 4 fully saturated rings. The second-order valence-corrected chi connectivity index (χ2v) is 10.6. The number of fused-ring (bicyclic) bond motifs is 2. The molecule has 3 saturated heterocycles. The van der Waals surface area contributed by atoms with Gasteiger partial charge >= 0.3 is 5.97 Å². The molecule has 1 aliphatic carbocycles. The van der Waals surface area contributed by atoms with Gasteiger partial charge in [0.1, 0.15) is 6.10 Å². The zero-order valence-corrected chi connectivity index (χ0v) is 18.7. The van der Waals surface area contributed by atoms with Gasteiger partial charge in [0.25, 0.3) is 0 Å². The van der Waals surface area contributed by atoms with E-state index in [0.717, 1.165) is 19.3 Å². The van der Waals surface area contributed by atoms with Crippen molar-refractivity contribution in [2.75, 3.05) is 13.7 Å². The molecular weight excluding hydrogens is 372 g/mol. The first-order chi connectivity index (χ1) is 13.6. The zero-order valence-electron chi connectivity index (χ0n) is 18.7. The molecule has 6 nitrogen and oxygen atoms in total. The standard InChI is InChI=1S/C23H38O6/c1-12-9-15-13(2)11-27-23(5)8-7-17(26-6)22(4,25)10-16-19(18(15)21(23)29-16)20(12)28-14(3)24/h12-13,15-21,25H,7-11H2,1-6H3/t12-,13+,15?,16+,17-,18+,19+,20-,21+,22-,23+/m1/s1. The van der Waals surface area contributed by atoms with Crippen molar-refractivity contribution in [1.82, 2.24) is 0 Å². The number of rotatable bonds is 2. The van der Waals surface area contributed by atoms with Gasteiger partial charge < -0.3 is 24.1 Å². The van der Waals surface area contributed by atoms with E-state index in [1.807, 2.05) is 6.92 Å². The van der Waals surface area contributed by atoms with Crippen molar-refractivity contribution in [3.8, 4) is 0 Å². The number of ether oxygens (including phenoxy) is 4. The van der Waals surface area contributed by atoms with E-state index in [4.69, 9.17) is 18.9 Å². The Bertz CT molecular complexity index is 635. The van der Waals surface area contributed by atoms with Crippen LogP contribution in [0.15, 0.2) is 0 Å². The fourth-order valence-corrected chi connectivity index (χ4v) is 6.97. The van der Waals surface area contributed by atoms with Gasteiger partial charge in [0.15, 0.2) is 0 Å². The number of carbonyl (C=O) groups excluding carboxylic acids is 1. The maximum atomic E-state index is 12.0. The lowest BCUT2D eigenvalue weighted by molar-refractivity contribution is -0.163. The predicted molar refractivity (Wildman–Crippen MR) is 107 cm³/mol. The molecule has 0 aromatic carbocycles. The highest BCUT2D eigenvalue weighted by molar-refractivity contribution is 5.66. The molecule has 0 aromatic rings. The van der Waals surface area contributed by atoms with E-state index in [0.29, 0.717) is 24.9 Å². The fraction of sp³-hybridized carbons (Fsp3) is 0.957. The molecule has 0 aromatic heterocycles. The Labute approximate surface area is 174 Å². The molecule has 3 aliphatic heterocycles. The average Bonchev–Trinajstić information content (AvgIpc) is 2.97. The van der Waals surface area contributed by atoms with Crippen LogP contribution in [0.25, 0.3) is 0 Å². The Morgan fingerprint density at radius 3 is 2.55 bits per heavy atom. The minimum Gasteiger partial charge on any atom is -0.462 e. The summed E-state index contributed by atoms with van der Waals surface area (Å²) in [6, 6.07) is 0. The minimum absolute atomic E-state index is 0.0515. The predicted octanol–water partition coefficient (Wildman–Crippen LogP) is 2.95. The summed E-state index contributed by atoms with van der Waals surface area (Å²) in [5.74, 6) is 1.27. The molecule has 29 heavy (non-hydrogen) atoms. The number of hydrogen-bond acceptors (Lipinski definition) is 6. The van der Waals surface area contributed by atoms with Crippen LogP contribution in [-0.4, -0.2) is 60.4 Å². The topological polar surface area (TPSA) is 74.2 Å². The Kier molecular flexibility index (Phi) is 5.55. The van der Waals surface area contributed by atoms with E-state index in [-0.39, 0.29) is 48.1 Å². The van der Waals surface area contributed by atoms with Gasteiger partial charge in [-0.1, -0.05) is 13.8 Å². The van der Waals surface area contributed by atoms with Gasteiger partial charge in [-0.15, -0.1) is 0 Å². The molecule has 4 aliphatic rings. The Hall–Kier alpha value is -0.690. The molecular formula is C23H38O6. The van der Waals surface area contributed by atoms with E-state index >= 15 is 0 Å². The van der Waals surface area contributed by atoms with Gasteiger partial charge in [-0.25, -0.2) is 0 Å². The fourth-order valence-electron chi connectivity index (χ4n) is 6.97. The summed E-state index contributed by atoms with van der Waals surface area (Å²) < 4.78 is 24.9. The Morgan fingerprint density at radius 1 is 1.17 bits per heavy atom. The Morgan fingerprint density at radius 2 is 1.90 bits per heavy atom. The van der Waals surface area contributed by atoms with Crippen molar-refractivity contribution >= 4 is 5.97 Å². The van der Waals surface area contributed by atoms with Gasteiger partial charge in [-0.3, -0.25) is 4.79 Å². The molecule has 0 spiro atoms. The number of esters is 1. The molecule has 1 saturated carbocycles. The van der Waals surface area contributed by atoms with E-state index in [9.17, 15) is 9.90 Å². The molecule has 4 rings (SSSR count). The highest BCUT2D eigenvalue weighted by Gasteiger charge is 2.64. The van der Waals surface area contributed by atoms with E-state index in [2.05, 4.69) is 20.8 Å². The van der Waals surface area contributed by atoms with Crippen molar-refractivity contribution in [1.29, 1.82) is 0 Å². The van der Waals surface area contributed by atoms with Crippen LogP contribution in [0.5, 0.6) is 0 Å². The molecule has 6 heteroatoms. The first-order valence-electron chi connectivity index (χ1n) is 11.3. The van der Waals surface area contributed by atoms with Crippen LogP contribution in [0, 0.1) is 29.6 Å². The van der Waals surface area contributed by atoms with Gasteiger partial charge in [0.2, 0.25) is 0 Å². The van der Waals surface area contributed by atoms with Crippen molar-refractivity contribution in [3.05, 3.63) is 0 Å². The van der Waals surface area contributed by atoms with Crippen LogP contribution in [0.2, 0.25) is 0 Å².